The molecular formula is C23H21FN4O2. The number of nitrogens with zero attached hydrogens (tertiary/aromatic N) is 3. The van der Waals surface area contributed by atoms with Crippen LogP contribution in [0.1, 0.15) is 58.6 Å². The molecule has 6 nitrogen and oxygen atoms in total. The Labute approximate surface area is 172 Å². The third-order valence-corrected chi connectivity index (χ3v) is 8.94. The molecule has 4 fully saturated rings. The maximum Gasteiger partial charge on any atom is 0.270 e. The molecule has 1 N–H and O–H groups in total. The maximum absolute atomic E-state index is 13.3. The number of rotatable bonds is 3. The summed E-state index contributed by atoms with van der Waals surface area (Å²) in [7, 11) is 0. The number of pyridine rings is 2. The summed E-state index contributed by atoms with van der Waals surface area (Å²) in [6.45, 7) is 0.569. The lowest BCUT2D eigenvalue weighted by Gasteiger charge is -2.79. The highest BCUT2D eigenvalue weighted by Gasteiger charge is 2.88. The molecule has 7 rings (SSSR count). The summed E-state index contributed by atoms with van der Waals surface area (Å²) in [5.74, 6) is 0.463. The summed E-state index contributed by atoms with van der Waals surface area (Å²) in [5, 5.41) is 3.32. The summed E-state index contributed by atoms with van der Waals surface area (Å²) in [6.07, 6.45) is 7.87. The Hall–Kier alpha value is -2.83. The number of carbonyl (C=O) groups excluding carboxylic acids is 2. The zero-order valence-electron chi connectivity index (χ0n) is 16.4. The summed E-state index contributed by atoms with van der Waals surface area (Å²) < 4.78 is 13.2. The summed E-state index contributed by atoms with van der Waals surface area (Å²) >= 11 is 0. The van der Waals surface area contributed by atoms with Crippen LogP contribution in [0.25, 0.3) is 0 Å². The molecule has 2 bridgehead atoms. The van der Waals surface area contributed by atoms with Gasteiger partial charge in [-0.15, -0.1) is 0 Å². The van der Waals surface area contributed by atoms with Gasteiger partial charge in [0.15, 0.2) is 0 Å². The smallest absolute Gasteiger partial charge is 0.270 e. The lowest BCUT2D eigenvalue weighted by atomic mass is 9.31. The number of carbonyl (C=O) groups is 2. The molecule has 1 spiro atoms. The molecule has 4 saturated carbocycles. The van der Waals surface area contributed by atoms with Crippen molar-refractivity contribution < 1.29 is 14.0 Å². The number of hydrogen-bond donors (Lipinski definition) is 1. The Morgan fingerprint density at radius 3 is 2.80 bits per heavy atom. The Balaban J connectivity index is 1.24. The molecule has 1 aliphatic heterocycles. The molecule has 0 radical (unpaired) electrons. The summed E-state index contributed by atoms with van der Waals surface area (Å²) in [5.41, 5.74) is 1.32. The summed E-state index contributed by atoms with van der Waals surface area (Å²) in [4.78, 5) is 36.8. The van der Waals surface area contributed by atoms with Gasteiger partial charge in [-0.1, -0.05) is 0 Å². The number of aromatic nitrogens is 2. The van der Waals surface area contributed by atoms with E-state index in [2.05, 4.69) is 20.2 Å². The quantitative estimate of drug-likeness (QED) is 0.854. The monoisotopic (exact) mass is 404 g/mol. The molecule has 5 atom stereocenters. The molecule has 7 heteroatoms. The van der Waals surface area contributed by atoms with E-state index in [1.165, 1.54) is 12.1 Å². The van der Waals surface area contributed by atoms with Gasteiger partial charge in [0.25, 0.3) is 11.8 Å². The van der Waals surface area contributed by atoms with Gasteiger partial charge < -0.3 is 10.2 Å². The predicted octanol–water partition coefficient (Wildman–Crippen LogP) is 2.70. The van der Waals surface area contributed by atoms with Gasteiger partial charge in [0.1, 0.15) is 11.5 Å². The van der Waals surface area contributed by atoms with Gasteiger partial charge in [-0.3, -0.25) is 14.6 Å². The number of fused-ring (bicyclic) bond motifs is 2. The van der Waals surface area contributed by atoms with Crippen LogP contribution in [0.3, 0.4) is 0 Å². The molecule has 0 saturated heterocycles. The van der Waals surface area contributed by atoms with E-state index >= 15 is 0 Å². The zero-order chi connectivity index (χ0) is 20.3. The first-order valence-electron chi connectivity index (χ1n) is 10.7. The Morgan fingerprint density at radius 2 is 2.03 bits per heavy atom. The van der Waals surface area contributed by atoms with E-state index in [1.807, 2.05) is 12.1 Å². The Bertz CT molecular complexity index is 1140. The molecule has 152 valence electrons. The average Bonchev–Trinajstić information content (AvgIpc) is 3.32. The van der Waals surface area contributed by atoms with Gasteiger partial charge in [0, 0.05) is 17.2 Å². The fraction of sp³-hybridized carbons (Fsp3) is 0.478. The SMILES string of the molecule is O=C(NC12CC3CC4(N5Cc6ncccc6C5=O)CC(C1)C24C3)c1ccc(F)cn1. The van der Waals surface area contributed by atoms with Crippen LogP contribution in [0.15, 0.2) is 36.7 Å². The van der Waals surface area contributed by atoms with Crippen LogP contribution >= 0.6 is 0 Å². The van der Waals surface area contributed by atoms with Crippen molar-refractivity contribution in [1.82, 2.24) is 20.2 Å². The highest BCUT2D eigenvalue weighted by molar-refractivity contribution is 5.99. The van der Waals surface area contributed by atoms with Crippen molar-refractivity contribution >= 4 is 11.8 Å². The first-order chi connectivity index (χ1) is 14.5. The molecule has 5 unspecified atom stereocenters. The van der Waals surface area contributed by atoms with E-state index in [4.69, 9.17) is 0 Å². The molecule has 2 aromatic heterocycles. The van der Waals surface area contributed by atoms with Crippen molar-refractivity contribution in [1.29, 1.82) is 0 Å². The van der Waals surface area contributed by atoms with Gasteiger partial charge in [-0.25, -0.2) is 9.37 Å². The van der Waals surface area contributed by atoms with E-state index in [1.54, 1.807) is 6.20 Å². The molecule has 30 heavy (non-hydrogen) atoms. The second-order valence-corrected chi connectivity index (χ2v) is 9.87. The average molecular weight is 404 g/mol. The van der Waals surface area contributed by atoms with Crippen LogP contribution in [0, 0.1) is 23.1 Å². The number of nitrogens with one attached hydrogen (secondary N) is 1. The molecule has 4 aliphatic carbocycles. The van der Waals surface area contributed by atoms with Crippen molar-refractivity contribution in [2.45, 2.75) is 49.7 Å². The fourth-order valence-corrected chi connectivity index (χ4v) is 8.23. The van der Waals surface area contributed by atoms with Crippen molar-refractivity contribution in [2.75, 3.05) is 0 Å². The van der Waals surface area contributed by atoms with Crippen LogP contribution in [-0.2, 0) is 6.54 Å². The van der Waals surface area contributed by atoms with Gasteiger partial charge in [0.2, 0.25) is 0 Å². The Kier molecular flexibility index (Phi) is 2.86. The van der Waals surface area contributed by atoms with E-state index in [0.717, 1.165) is 49.6 Å². The van der Waals surface area contributed by atoms with E-state index in [0.29, 0.717) is 18.4 Å². The lowest BCUT2D eigenvalue weighted by Crippen LogP contribution is -2.86. The summed E-state index contributed by atoms with van der Waals surface area (Å²) in [6, 6.07) is 6.40. The van der Waals surface area contributed by atoms with Gasteiger partial charge >= 0.3 is 0 Å². The van der Waals surface area contributed by atoms with E-state index in [-0.39, 0.29) is 34.0 Å². The van der Waals surface area contributed by atoms with Crippen molar-refractivity contribution in [2.24, 2.45) is 17.3 Å². The number of halogens is 1. The number of hydrogen-bond acceptors (Lipinski definition) is 4. The first kappa shape index (κ1) is 16.9. The molecule has 3 heterocycles. The maximum atomic E-state index is 13.3. The van der Waals surface area contributed by atoms with Crippen LogP contribution < -0.4 is 5.32 Å². The first-order valence-corrected chi connectivity index (χ1v) is 10.7. The van der Waals surface area contributed by atoms with Crippen LogP contribution in [0.5, 0.6) is 0 Å². The Morgan fingerprint density at radius 1 is 1.13 bits per heavy atom. The van der Waals surface area contributed by atoms with Crippen molar-refractivity contribution in [3.8, 4) is 0 Å². The van der Waals surface area contributed by atoms with Gasteiger partial charge in [-0.05, 0) is 68.2 Å². The van der Waals surface area contributed by atoms with Crippen LogP contribution in [-0.4, -0.2) is 37.8 Å². The predicted molar refractivity (Wildman–Crippen MR) is 104 cm³/mol. The second-order valence-electron chi connectivity index (χ2n) is 9.87. The van der Waals surface area contributed by atoms with Crippen LogP contribution in [0.4, 0.5) is 4.39 Å². The highest BCUT2D eigenvalue weighted by atomic mass is 19.1. The molecule has 2 aromatic rings. The molecule has 5 aliphatic rings. The van der Waals surface area contributed by atoms with E-state index in [9.17, 15) is 14.0 Å². The van der Waals surface area contributed by atoms with E-state index < -0.39 is 5.82 Å². The van der Waals surface area contributed by atoms with Crippen molar-refractivity contribution in [3.05, 3.63) is 59.4 Å². The lowest BCUT2D eigenvalue weighted by molar-refractivity contribution is -0.260. The van der Waals surface area contributed by atoms with Gasteiger partial charge in [0.05, 0.1) is 29.5 Å². The standard InChI is InChI=1S/C23H21FN4O2/c24-15-3-4-17(26-11-15)19(29)27-21-6-13-7-22(10-14(9-21)23(21,22)8-13)28-12-18-16(20(28)30)2-1-5-25-18/h1-5,11,13-14H,6-10,12H2,(H,27,29). The minimum absolute atomic E-state index is 0.0436. The fourth-order valence-electron chi connectivity index (χ4n) is 8.23. The zero-order valence-corrected chi connectivity index (χ0v) is 16.4. The minimum Gasteiger partial charge on any atom is -0.345 e. The third-order valence-electron chi connectivity index (χ3n) is 8.94. The number of amides is 2. The molecule has 2 amide bonds. The topological polar surface area (TPSA) is 75.2 Å². The minimum atomic E-state index is -0.453. The second kappa shape index (κ2) is 5.07. The molecular weight excluding hydrogens is 383 g/mol. The third kappa shape index (κ3) is 1.66. The molecule has 0 aromatic carbocycles. The van der Waals surface area contributed by atoms with Crippen molar-refractivity contribution in [3.63, 3.8) is 0 Å². The van der Waals surface area contributed by atoms with Gasteiger partial charge in [-0.2, -0.15) is 0 Å². The highest BCUT2D eigenvalue weighted by Crippen LogP contribution is 2.85. The normalized spacial score (nSPS) is 39.2. The van der Waals surface area contributed by atoms with Crippen LogP contribution in [0.2, 0.25) is 0 Å². The largest absolute Gasteiger partial charge is 0.345 e.